The van der Waals surface area contributed by atoms with Crippen molar-refractivity contribution in [3.05, 3.63) is 53.1 Å². The van der Waals surface area contributed by atoms with Gasteiger partial charge in [-0.1, -0.05) is 23.2 Å². The molecule has 0 saturated carbocycles. The monoisotopic (exact) mass is 373 g/mol. The standard InChI is InChI=1S/C19H20ClN3O3/c1-13-3-5-16-15(9-13)14(10-22-16)4-6-19(24)26-8-2-7-25-18-12-21-11-17(20)23-18/h3,5,9-12,22H,2,4,6-8H2,1H3. The van der Waals surface area contributed by atoms with Crippen molar-refractivity contribution in [2.45, 2.75) is 26.2 Å². The number of carbonyl (C=O) groups excluding carboxylic acids is 1. The van der Waals surface area contributed by atoms with E-state index >= 15 is 0 Å². The molecule has 0 unspecified atom stereocenters. The number of fused-ring (bicyclic) bond motifs is 1. The quantitative estimate of drug-likeness (QED) is 0.479. The van der Waals surface area contributed by atoms with Crippen LogP contribution < -0.4 is 4.74 Å². The number of aryl methyl sites for hydroxylation is 2. The summed E-state index contributed by atoms with van der Waals surface area (Å²) < 4.78 is 10.6. The first-order valence-corrected chi connectivity index (χ1v) is 8.82. The Morgan fingerprint density at radius 3 is 3.00 bits per heavy atom. The first kappa shape index (κ1) is 18.2. The van der Waals surface area contributed by atoms with Crippen LogP contribution in [0.5, 0.6) is 5.88 Å². The highest BCUT2D eigenvalue weighted by Gasteiger charge is 2.08. The number of aromatic amines is 1. The number of carbonyl (C=O) groups is 1. The summed E-state index contributed by atoms with van der Waals surface area (Å²) in [4.78, 5) is 23.0. The Balaban J connectivity index is 1.37. The largest absolute Gasteiger partial charge is 0.476 e. The Morgan fingerprint density at radius 2 is 2.15 bits per heavy atom. The first-order valence-electron chi connectivity index (χ1n) is 8.44. The Bertz CT molecular complexity index is 895. The smallest absolute Gasteiger partial charge is 0.306 e. The molecule has 26 heavy (non-hydrogen) atoms. The van der Waals surface area contributed by atoms with Gasteiger partial charge in [-0.15, -0.1) is 0 Å². The summed E-state index contributed by atoms with van der Waals surface area (Å²) in [5.41, 5.74) is 3.41. The summed E-state index contributed by atoms with van der Waals surface area (Å²) >= 11 is 5.72. The molecule has 0 spiro atoms. The van der Waals surface area contributed by atoms with E-state index in [1.54, 1.807) is 0 Å². The van der Waals surface area contributed by atoms with Gasteiger partial charge in [-0.05, 0) is 31.0 Å². The average Bonchev–Trinajstić information content (AvgIpc) is 3.02. The van der Waals surface area contributed by atoms with Gasteiger partial charge in [0.15, 0.2) is 5.15 Å². The highest BCUT2D eigenvalue weighted by atomic mass is 35.5. The van der Waals surface area contributed by atoms with Crippen LogP contribution in [0.1, 0.15) is 24.0 Å². The van der Waals surface area contributed by atoms with Crippen molar-refractivity contribution >= 4 is 28.5 Å². The summed E-state index contributed by atoms with van der Waals surface area (Å²) in [7, 11) is 0. The fraction of sp³-hybridized carbons (Fsp3) is 0.316. The Kier molecular flexibility index (Phi) is 6.07. The number of ether oxygens (including phenoxy) is 2. The number of halogens is 1. The summed E-state index contributed by atoms with van der Waals surface area (Å²) in [6.07, 6.45) is 6.45. The van der Waals surface area contributed by atoms with Gasteiger partial charge in [0.1, 0.15) is 0 Å². The Hall–Kier alpha value is -2.60. The predicted molar refractivity (Wildman–Crippen MR) is 99.5 cm³/mol. The molecule has 2 heterocycles. The van der Waals surface area contributed by atoms with E-state index in [1.165, 1.54) is 18.0 Å². The molecule has 1 N–H and O–H groups in total. The molecule has 0 aliphatic carbocycles. The number of esters is 1. The van der Waals surface area contributed by atoms with Crippen molar-refractivity contribution in [2.75, 3.05) is 13.2 Å². The first-order chi connectivity index (χ1) is 12.6. The Morgan fingerprint density at radius 1 is 1.27 bits per heavy atom. The maximum absolute atomic E-state index is 11.9. The fourth-order valence-electron chi connectivity index (χ4n) is 2.62. The van der Waals surface area contributed by atoms with E-state index in [0.717, 1.165) is 16.5 Å². The van der Waals surface area contributed by atoms with E-state index in [1.807, 2.05) is 6.20 Å². The maximum Gasteiger partial charge on any atom is 0.306 e. The van der Waals surface area contributed by atoms with Crippen LogP contribution >= 0.6 is 11.6 Å². The van der Waals surface area contributed by atoms with Gasteiger partial charge >= 0.3 is 5.97 Å². The third kappa shape index (κ3) is 4.95. The molecule has 3 rings (SSSR count). The SMILES string of the molecule is Cc1ccc2[nH]cc(CCC(=O)OCCCOc3cncc(Cl)n3)c2c1. The molecule has 0 amide bonds. The molecule has 2 aromatic heterocycles. The van der Waals surface area contributed by atoms with Gasteiger partial charge in [0, 0.05) is 29.9 Å². The zero-order chi connectivity index (χ0) is 18.4. The Labute approximate surface area is 156 Å². The molecule has 0 atom stereocenters. The van der Waals surface area contributed by atoms with Crippen LogP contribution in [-0.4, -0.2) is 34.1 Å². The molecule has 136 valence electrons. The average molecular weight is 374 g/mol. The van der Waals surface area contributed by atoms with Crippen molar-refractivity contribution in [2.24, 2.45) is 0 Å². The number of nitrogens with zero attached hydrogens (tertiary/aromatic N) is 2. The molecule has 0 aliphatic rings. The third-order valence-corrected chi connectivity index (χ3v) is 4.09. The third-order valence-electron chi connectivity index (χ3n) is 3.91. The normalized spacial score (nSPS) is 10.8. The fourth-order valence-corrected chi connectivity index (χ4v) is 2.76. The molecular weight excluding hydrogens is 354 g/mol. The molecule has 0 radical (unpaired) electrons. The molecule has 1 aromatic carbocycles. The highest BCUT2D eigenvalue weighted by molar-refractivity contribution is 6.29. The minimum absolute atomic E-state index is 0.213. The van der Waals surface area contributed by atoms with Crippen LogP contribution in [-0.2, 0) is 16.0 Å². The van der Waals surface area contributed by atoms with E-state index in [0.29, 0.717) is 38.4 Å². The second kappa shape index (κ2) is 8.67. The van der Waals surface area contributed by atoms with Crippen LogP contribution in [0.15, 0.2) is 36.8 Å². The summed E-state index contributed by atoms with van der Waals surface area (Å²) in [5.74, 6) is 0.146. The number of benzene rings is 1. The summed E-state index contributed by atoms with van der Waals surface area (Å²) in [6, 6.07) is 6.24. The molecule has 7 heteroatoms. The molecule has 0 saturated heterocycles. The minimum Gasteiger partial charge on any atom is -0.476 e. The summed E-state index contributed by atoms with van der Waals surface area (Å²) in [6.45, 7) is 2.74. The van der Waals surface area contributed by atoms with E-state index in [-0.39, 0.29) is 11.1 Å². The van der Waals surface area contributed by atoms with Crippen LogP contribution in [0.25, 0.3) is 10.9 Å². The zero-order valence-electron chi connectivity index (χ0n) is 14.5. The predicted octanol–water partition coefficient (Wildman–Crippen LogP) is 3.86. The second-order valence-electron chi connectivity index (χ2n) is 5.97. The number of hydrogen-bond donors (Lipinski definition) is 1. The van der Waals surface area contributed by atoms with E-state index in [2.05, 4.69) is 40.1 Å². The second-order valence-corrected chi connectivity index (χ2v) is 6.35. The number of hydrogen-bond acceptors (Lipinski definition) is 5. The van der Waals surface area contributed by atoms with Gasteiger partial charge in [-0.2, -0.15) is 4.98 Å². The lowest BCUT2D eigenvalue weighted by molar-refractivity contribution is -0.143. The highest BCUT2D eigenvalue weighted by Crippen LogP contribution is 2.21. The molecule has 0 bridgehead atoms. The van der Waals surface area contributed by atoms with Crippen LogP contribution in [0.3, 0.4) is 0 Å². The molecular formula is C19H20ClN3O3. The summed E-state index contributed by atoms with van der Waals surface area (Å²) in [5, 5.41) is 1.44. The van der Waals surface area contributed by atoms with Crippen LogP contribution in [0, 0.1) is 6.92 Å². The van der Waals surface area contributed by atoms with Gasteiger partial charge in [0.2, 0.25) is 5.88 Å². The van der Waals surface area contributed by atoms with Crippen molar-refractivity contribution in [3.63, 3.8) is 0 Å². The molecule has 3 aromatic rings. The molecule has 6 nitrogen and oxygen atoms in total. The van der Waals surface area contributed by atoms with E-state index < -0.39 is 0 Å². The number of rotatable bonds is 8. The van der Waals surface area contributed by atoms with Crippen molar-refractivity contribution in [1.82, 2.24) is 15.0 Å². The van der Waals surface area contributed by atoms with Gasteiger partial charge < -0.3 is 14.5 Å². The van der Waals surface area contributed by atoms with Crippen LogP contribution in [0.2, 0.25) is 5.15 Å². The topological polar surface area (TPSA) is 77.1 Å². The minimum atomic E-state index is -0.213. The number of aromatic nitrogens is 3. The number of nitrogens with one attached hydrogen (secondary N) is 1. The van der Waals surface area contributed by atoms with E-state index in [9.17, 15) is 4.79 Å². The lowest BCUT2D eigenvalue weighted by atomic mass is 10.1. The molecule has 0 aliphatic heterocycles. The lowest BCUT2D eigenvalue weighted by Crippen LogP contribution is -2.10. The van der Waals surface area contributed by atoms with Crippen LogP contribution in [0.4, 0.5) is 0 Å². The lowest BCUT2D eigenvalue weighted by Gasteiger charge is -2.06. The van der Waals surface area contributed by atoms with Crippen molar-refractivity contribution in [1.29, 1.82) is 0 Å². The van der Waals surface area contributed by atoms with E-state index in [4.69, 9.17) is 21.1 Å². The van der Waals surface area contributed by atoms with Gasteiger partial charge in [-0.3, -0.25) is 9.78 Å². The van der Waals surface area contributed by atoms with Gasteiger partial charge in [0.25, 0.3) is 0 Å². The zero-order valence-corrected chi connectivity index (χ0v) is 15.3. The number of H-pyrrole nitrogens is 1. The maximum atomic E-state index is 11.9. The molecule has 0 fully saturated rings. The van der Waals surface area contributed by atoms with Gasteiger partial charge in [-0.25, -0.2) is 0 Å². The van der Waals surface area contributed by atoms with Crippen molar-refractivity contribution in [3.8, 4) is 5.88 Å². The van der Waals surface area contributed by atoms with Gasteiger partial charge in [0.05, 0.1) is 25.6 Å². The van der Waals surface area contributed by atoms with Crippen molar-refractivity contribution < 1.29 is 14.3 Å².